The van der Waals surface area contributed by atoms with E-state index in [1.54, 1.807) is 5.88 Å². The highest BCUT2D eigenvalue weighted by atomic mass is 127. The van der Waals surface area contributed by atoms with E-state index in [0.29, 0.717) is 0 Å². The normalized spacial score (nSPS) is 8.40. The molecule has 0 fully saturated rings. The molecule has 0 spiro atoms. The topological polar surface area (TPSA) is 0 Å². The van der Waals surface area contributed by atoms with Crippen LogP contribution in [0.15, 0.2) is 0 Å². The van der Waals surface area contributed by atoms with Crippen molar-refractivity contribution in [2.45, 2.75) is 6.42 Å². The molecule has 0 aliphatic carbocycles. The summed E-state index contributed by atoms with van der Waals surface area (Å²) >= 11 is 7.44. The smallest absolute Gasteiger partial charge is 0.0507 e. The highest BCUT2D eigenvalue weighted by Gasteiger charge is 1.72. The van der Waals surface area contributed by atoms with Gasteiger partial charge in [0.2, 0.25) is 0 Å². The van der Waals surface area contributed by atoms with Crippen LogP contribution in [0, 0.1) is 5.88 Å². The second-order valence-electron chi connectivity index (χ2n) is 0.632. The van der Waals surface area contributed by atoms with E-state index in [4.69, 9.17) is 11.6 Å². The molecule has 0 N–H and O–H groups in total. The Labute approximate surface area is 51.0 Å². The van der Waals surface area contributed by atoms with E-state index in [9.17, 15) is 0 Å². The summed E-state index contributed by atoms with van der Waals surface area (Å²) in [7, 11) is 0. The highest BCUT2D eigenvalue weighted by Crippen LogP contribution is 1.94. The van der Waals surface area contributed by atoms with Crippen LogP contribution in [0.1, 0.15) is 6.42 Å². The average Bonchev–Trinajstić information content (AvgIpc) is 1.41. The second kappa shape index (κ2) is 5.02. The van der Waals surface area contributed by atoms with Crippen molar-refractivity contribution in [2.24, 2.45) is 0 Å². The Hall–Kier alpha value is 1.02. The fraction of sp³-hybridized carbons (Fsp3) is 0.667. The summed E-state index contributed by atoms with van der Waals surface area (Å²) in [6.45, 7) is 0. The molecule has 0 bridgehead atoms. The first-order valence-electron chi connectivity index (χ1n) is 1.39. The Morgan fingerprint density at radius 3 is 2.40 bits per heavy atom. The lowest BCUT2D eigenvalue weighted by molar-refractivity contribution is 1.24. The molecule has 0 saturated carbocycles. The zero-order valence-electron chi connectivity index (χ0n) is 2.75. The van der Waals surface area contributed by atoms with Gasteiger partial charge in [-0.2, -0.15) is 0 Å². The third kappa shape index (κ3) is 5.02. The van der Waals surface area contributed by atoms with Gasteiger partial charge in [0.25, 0.3) is 0 Å². The summed E-state index contributed by atoms with van der Waals surface area (Å²) in [6.07, 6.45) is 1.02. The number of hydrogen-bond acceptors (Lipinski definition) is 0. The van der Waals surface area contributed by atoms with Gasteiger partial charge in [-0.15, -0.1) is 11.6 Å². The van der Waals surface area contributed by atoms with Gasteiger partial charge in [-0.3, -0.25) is 0 Å². The predicted octanol–water partition coefficient (Wildman–Crippen LogP) is 2.21. The maximum absolute atomic E-state index is 5.17. The lowest BCUT2D eigenvalue weighted by Crippen LogP contribution is -1.62. The van der Waals surface area contributed by atoms with Gasteiger partial charge in [0, 0.05) is 4.43 Å². The Morgan fingerprint density at radius 2 is 2.40 bits per heavy atom. The number of halogens is 2. The standard InChI is InChI=1S/C3H5ClI/c4-2-1-3-5/h2H,1,3H2. The van der Waals surface area contributed by atoms with Crippen LogP contribution in [0.5, 0.6) is 0 Å². The summed E-state index contributed by atoms with van der Waals surface area (Å²) in [6, 6.07) is 0. The van der Waals surface area contributed by atoms with Gasteiger partial charge in [0.15, 0.2) is 0 Å². The minimum Gasteiger partial charge on any atom is -0.121 e. The largest absolute Gasteiger partial charge is 0.121 e. The van der Waals surface area contributed by atoms with Crippen molar-refractivity contribution in [1.82, 2.24) is 0 Å². The average molecular weight is 203 g/mol. The number of alkyl halides is 1. The van der Waals surface area contributed by atoms with Gasteiger partial charge < -0.3 is 0 Å². The predicted molar refractivity (Wildman–Crippen MR) is 33.7 cm³/mol. The summed E-state index contributed by atoms with van der Waals surface area (Å²) < 4.78 is 1.13. The first-order chi connectivity index (χ1) is 2.41. The van der Waals surface area contributed by atoms with E-state index in [-0.39, 0.29) is 0 Å². The molecule has 0 heterocycles. The summed E-state index contributed by atoms with van der Waals surface area (Å²) in [5.74, 6) is 1.65. The van der Waals surface area contributed by atoms with Crippen molar-refractivity contribution in [1.29, 1.82) is 0 Å². The Morgan fingerprint density at radius 1 is 1.80 bits per heavy atom. The summed E-state index contributed by atoms with van der Waals surface area (Å²) in [5, 5.41) is 0. The van der Waals surface area contributed by atoms with Crippen molar-refractivity contribution in [3.8, 4) is 0 Å². The van der Waals surface area contributed by atoms with Crippen LogP contribution in [0.3, 0.4) is 0 Å². The van der Waals surface area contributed by atoms with Gasteiger partial charge in [0.05, 0.1) is 5.88 Å². The maximum Gasteiger partial charge on any atom is 0.0507 e. The first-order valence-corrected chi connectivity index (χ1v) is 3.36. The van der Waals surface area contributed by atoms with E-state index in [1.165, 1.54) is 0 Å². The molecule has 0 saturated heterocycles. The van der Waals surface area contributed by atoms with Crippen LogP contribution in [-0.4, -0.2) is 4.43 Å². The molecule has 0 aromatic heterocycles. The van der Waals surface area contributed by atoms with E-state index < -0.39 is 0 Å². The molecule has 0 amide bonds. The zero-order valence-corrected chi connectivity index (χ0v) is 5.66. The molecule has 0 aliphatic rings. The van der Waals surface area contributed by atoms with Crippen LogP contribution < -0.4 is 0 Å². The van der Waals surface area contributed by atoms with Crippen molar-refractivity contribution in [3.63, 3.8) is 0 Å². The molecule has 0 aromatic carbocycles. The van der Waals surface area contributed by atoms with Crippen LogP contribution in [0.25, 0.3) is 0 Å². The van der Waals surface area contributed by atoms with Crippen molar-refractivity contribution < 1.29 is 0 Å². The Kier molecular flexibility index (Phi) is 6.04. The second-order valence-corrected chi connectivity index (χ2v) is 2.02. The maximum atomic E-state index is 5.17. The quantitative estimate of drug-likeness (QED) is 0.477. The SMILES string of the molecule is Cl[CH]CCI. The van der Waals surface area contributed by atoms with Gasteiger partial charge >= 0.3 is 0 Å². The van der Waals surface area contributed by atoms with E-state index >= 15 is 0 Å². The molecule has 0 aromatic rings. The fourth-order valence-corrected chi connectivity index (χ4v) is 0.830. The first kappa shape index (κ1) is 6.02. The summed E-state index contributed by atoms with van der Waals surface area (Å²) in [5.41, 5.74) is 0. The fourth-order valence-electron chi connectivity index (χ4n) is 0.0412. The van der Waals surface area contributed by atoms with Crippen LogP contribution in [0.4, 0.5) is 0 Å². The lowest BCUT2D eigenvalue weighted by Gasteiger charge is -1.75. The van der Waals surface area contributed by atoms with E-state index in [0.717, 1.165) is 10.8 Å². The third-order valence-corrected chi connectivity index (χ3v) is 1.06. The minimum absolute atomic E-state index is 1.02. The Balaban J connectivity index is 2.19. The molecular formula is C3H5ClI. The van der Waals surface area contributed by atoms with Gasteiger partial charge in [0.1, 0.15) is 0 Å². The highest BCUT2D eigenvalue weighted by molar-refractivity contribution is 14.1. The van der Waals surface area contributed by atoms with E-state index in [1.807, 2.05) is 0 Å². The molecule has 0 unspecified atom stereocenters. The molecule has 0 atom stereocenters. The Bertz CT molecular complexity index is 14.4. The van der Waals surface area contributed by atoms with Crippen LogP contribution >= 0.6 is 34.2 Å². The zero-order chi connectivity index (χ0) is 4.12. The summed E-state index contributed by atoms with van der Waals surface area (Å²) in [4.78, 5) is 0. The van der Waals surface area contributed by atoms with Crippen molar-refractivity contribution in [2.75, 3.05) is 4.43 Å². The molecule has 0 nitrogen and oxygen atoms in total. The number of hydrogen-bond donors (Lipinski definition) is 0. The molecular weight excluding hydrogens is 198 g/mol. The van der Waals surface area contributed by atoms with Gasteiger partial charge in [-0.25, -0.2) is 0 Å². The van der Waals surface area contributed by atoms with Crippen LogP contribution in [0.2, 0.25) is 0 Å². The monoisotopic (exact) mass is 203 g/mol. The molecule has 2 heteroatoms. The molecule has 0 aliphatic heterocycles. The van der Waals surface area contributed by atoms with Gasteiger partial charge in [-0.05, 0) is 6.42 Å². The van der Waals surface area contributed by atoms with Gasteiger partial charge in [-0.1, -0.05) is 22.6 Å². The lowest BCUT2D eigenvalue weighted by atomic mass is 10.6. The molecule has 0 rings (SSSR count). The minimum atomic E-state index is 1.02. The number of rotatable bonds is 2. The van der Waals surface area contributed by atoms with E-state index in [2.05, 4.69) is 22.6 Å². The third-order valence-electron chi connectivity index (χ3n) is 0.218. The van der Waals surface area contributed by atoms with Crippen LogP contribution in [-0.2, 0) is 0 Å². The molecule has 1 radical (unpaired) electrons. The van der Waals surface area contributed by atoms with Crippen molar-refractivity contribution >= 4 is 34.2 Å². The molecule has 5 heavy (non-hydrogen) atoms. The molecule has 31 valence electrons. The van der Waals surface area contributed by atoms with Crippen molar-refractivity contribution in [3.05, 3.63) is 5.88 Å².